The van der Waals surface area contributed by atoms with Crippen LogP contribution in [0.3, 0.4) is 0 Å². The van der Waals surface area contributed by atoms with Crippen LogP contribution in [0.1, 0.15) is 24.1 Å². The van der Waals surface area contributed by atoms with Gasteiger partial charge in [-0.25, -0.2) is 4.98 Å². The maximum atomic E-state index is 6.11. The average molecular weight is 492 g/mol. The largest absolute Gasteiger partial charge is 0.493 e. The van der Waals surface area contributed by atoms with E-state index in [9.17, 15) is 0 Å². The lowest BCUT2D eigenvalue weighted by atomic mass is 9.85. The summed E-state index contributed by atoms with van der Waals surface area (Å²) in [6, 6.07) is 7.60. The molecule has 0 aliphatic carbocycles. The lowest BCUT2D eigenvalue weighted by Gasteiger charge is -2.37. The van der Waals surface area contributed by atoms with Crippen LogP contribution in [0.2, 0.25) is 0 Å². The SMILES string of the molecule is C=Nc1cc(OCCCN2CCC3(COC3)C2)c(OC)cc1/C(=N\C)Oc1cnc2[nH]c(C)cc2c1. The summed E-state index contributed by atoms with van der Waals surface area (Å²) in [7, 11) is 3.29. The molecular weight excluding hydrogens is 458 g/mol. The van der Waals surface area contributed by atoms with Crippen LogP contribution in [0, 0.1) is 12.3 Å². The highest BCUT2D eigenvalue weighted by atomic mass is 16.5. The van der Waals surface area contributed by atoms with Gasteiger partial charge in [0, 0.05) is 42.7 Å². The molecule has 0 unspecified atom stereocenters. The molecule has 5 rings (SSSR count). The van der Waals surface area contributed by atoms with Crippen molar-refractivity contribution in [1.29, 1.82) is 0 Å². The summed E-state index contributed by atoms with van der Waals surface area (Å²) in [5, 5.41) is 0.967. The lowest BCUT2D eigenvalue weighted by molar-refractivity contribution is -0.105. The molecule has 1 aromatic carbocycles. The number of rotatable bonds is 9. The predicted octanol–water partition coefficient (Wildman–Crippen LogP) is 4.16. The van der Waals surface area contributed by atoms with E-state index in [1.165, 1.54) is 6.42 Å². The quantitative estimate of drug-likeness (QED) is 0.275. The number of H-pyrrole nitrogens is 1. The van der Waals surface area contributed by atoms with E-state index in [4.69, 9.17) is 18.9 Å². The van der Waals surface area contributed by atoms with Gasteiger partial charge in [0.05, 0.1) is 44.4 Å². The Morgan fingerprint density at radius 2 is 2.11 bits per heavy atom. The molecule has 190 valence electrons. The molecule has 1 N–H and O–H groups in total. The third-order valence-corrected chi connectivity index (χ3v) is 6.89. The Bertz CT molecular complexity index is 1280. The summed E-state index contributed by atoms with van der Waals surface area (Å²) in [4.78, 5) is 18.7. The Labute approximate surface area is 211 Å². The van der Waals surface area contributed by atoms with Crippen LogP contribution < -0.4 is 14.2 Å². The van der Waals surface area contributed by atoms with Gasteiger partial charge in [-0.2, -0.15) is 0 Å². The van der Waals surface area contributed by atoms with E-state index in [2.05, 4.69) is 31.6 Å². The number of pyridine rings is 1. The van der Waals surface area contributed by atoms with Crippen LogP contribution in [0.15, 0.2) is 40.4 Å². The van der Waals surface area contributed by atoms with Crippen molar-refractivity contribution in [1.82, 2.24) is 14.9 Å². The summed E-state index contributed by atoms with van der Waals surface area (Å²) < 4.78 is 23.3. The van der Waals surface area contributed by atoms with Crippen LogP contribution in [0.5, 0.6) is 17.2 Å². The van der Waals surface area contributed by atoms with Gasteiger partial charge in [0.2, 0.25) is 5.90 Å². The van der Waals surface area contributed by atoms with E-state index in [1.54, 1.807) is 20.4 Å². The topological polar surface area (TPSA) is 93.6 Å². The Balaban J connectivity index is 1.26. The first-order valence-electron chi connectivity index (χ1n) is 12.2. The minimum absolute atomic E-state index is 0.388. The average Bonchev–Trinajstić information content (AvgIpc) is 3.47. The van der Waals surface area contributed by atoms with Gasteiger partial charge < -0.3 is 28.8 Å². The number of aromatic nitrogens is 2. The number of nitrogens with zero attached hydrogens (tertiary/aromatic N) is 4. The number of nitrogens with one attached hydrogen (secondary N) is 1. The van der Waals surface area contributed by atoms with Gasteiger partial charge >= 0.3 is 0 Å². The predicted molar refractivity (Wildman–Crippen MR) is 141 cm³/mol. The molecule has 2 fully saturated rings. The maximum Gasteiger partial charge on any atom is 0.224 e. The molecule has 2 aliphatic rings. The third-order valence-electron chi connectivity index (χ3n) is 6.89. The summed E-state index contributed by atoms with van der Waals surface area (Å²) in [5.41, 5.74) is 3.52. The van der Waals surface area contributed by atoms with E-state index in [-0.39, 0.29) is 0 Å². The second-order valence-corrected chi connectivity index (χ2v) is 9.59. The molecule has 4 heterocycles. The number of likely N-dealkylation sites (tertiary alicyclic amines) is 1. The second-order valence-electron chi connectivity index (χ2n) is 9.59. The Morgan fingerprint density at radius 3 is 2.81 bits per heavy atom. The van der Waals surface area contributed by atoms with Gasteiger partial charge in [0.15, 0.2) is 11.5 Å². The number of fused-ring (bicyclic) bond motifs is 1. The normalized spacial score (nSPS) is 17.4. The fraction of sp³-hybridized carbons (Fsp3) is 0.444. The van der Waals surface area contributed by atoms with Crippen molar-refractivity contribution >= 4 is 29.3 Å². The van der Waals surface area contributed by atoms with Crippen molar-refractivity contribution in [3.05, 3.63) is 41.7 Å². The summed E-state index contributed by atoms with van der Waals surface area (Å²) in [6.07, 6.45) is 3.83. The van der Waals surface area contributed by atoms with E-state index < -0.39 is 0 Å². The van der Waals surface area contributed by atoms with Crippen LogP contribution >= 0.6 is 0 Å². The number of aliphatic imine (C=N–C) groups is 2. The first-order chi connectivity index (χ1) is 17.5. The molecule has 0 amide bonds. The fourth-order valence-electron chi connectivity index (χ4n) is 4.96. The molecule has 1 spiro atoms. The zero-order valence-electron chi connectivity index (χ0n) is 21.2. The molecule has 2 aromatic heterocycles. The van der Waals surface area contributed by atoms with Gasteiger partial charge in [-0.3, -0.25) is 9.98 Å². The van der Waals surface area contributed by atoms with Crippen molar-refractivity contribution in [2.75, 3.05) is 53.6 Å². The van der Waals surface area contributed by atoms with Crippen LogP contribution in [0.4, 0.5) is 5.69 Å². The molecule has 2 saturated heterocycles. The van der Waals surface area contributed by atoms with Crippen LogP contribution in [-0.2, 0) is 4.74 Å². The molecular formula is C27H33N5O4. The molecule has 0 bridgehead atoms. The first kappa shape index (κ1) is 24.3. The second kappa shape index (κ2) is 10.3. The highest BCUT2D eigenvalue weighted by molar-refractivity contribution is 6.01. The van der Waals surface area contributed by atoms with E-state index >= 15 is 0 Å². The zero-order valence-corrected chi connectivity index (χ0v) is 21.2. The van der Waals surface area contributed by atoms with Gasteiger partial charge in [-0.05, 0) is 51.2 Å². The van der Waals surface area contributed by atoms with Crippen molar-refractivity contribution in [3.8, 4) is 17.2 Å². The number of hydrogen-bond acceptors (Lipinski definition) is 8. The molecule has 36 heavy (non-hydrogen) atoms. The number of ether oxygens (including phenoxy) is 4. The van der Waals surface area contributed by atoms with Crippen LogP contribution in [0.25, 0.3) is 11.0 Å². The minimum Gasteiger partial charge on any atom is -0.493 e. The molecule has 2 aliphatic heterocycles. The molecule has 3 aromatic rings. The highest BCUT2D eigenvalue weighted by Crippen LogP contribution is 2.38. The first-order valence-corrected chi connectivity index (χ1v) is 12.2. The highest BCUT2D eigenvalue weighted by Gasteiger charge is 2.43. The number of benzene rings is 1. The smallest absolute Gasteiger partial charge is 0.224 e. The number of aromatic amines is 1. The standard InChI is InChI=1S/C27H33N5O4/c1-18-10-19-11-20(14-30-25(19)31-18)36-26(29-3)21-12-23(33-4)24(13-22(21)28-2)35-9-5-7-32-8-6-27(15-32)16-34-17-27/h10-14H,2,5-9,15-17H2,1,3-4H3,(H,30,31)/b29-26+. The Hall–Kier alpha value is -3.43. The number of aryl methyl sites for hydroxylation is 1. The lowest BCUT2D eigenvalue weighted by Crippen LogP contribution is -2.44. The van der Waals surface area contributed by atoms with Crippen molar-refractivity contribution < 1.29 is 18.9 Å². The zero-order chi connectivity index (χ0) is 25.1. The van der Waals surface area contributed by atoms with E-state index in [1.807, 2.05) is 31.2 Å². The molecule has 9 heteroatoms. The van der Waals surface area contributed by atoms with Gasteiger partial charge in [0.1, 0.15) is 11.4 Å². The van der Waals surface area contributed by atoms with Crippen molar-refractivity contribution in [2.24, 2.45) is 15.4 Å². The number of methoxy groups -OCH3 is 1. The van der Waals surface area contributed by atoms with Crippen LogP contribution in [-0.4, -0.2) is 81.1 Å². The van der Waals surface area contributed by atoms with Gasteiger partial charge in [-0.1, -0.05) is 0 Å². The Morgan fingerprint density at radius 1 is 1.25 bits per heavy atom. The third kappa shape index (κ3) is 4.94. The van der Waals surface area contributed by atoms with E-state index in [0.29, 0.717) is 46.4 Å². The van der Waals surface area contributed by atoms with Crippen molar-refractivity contribution in [3.63, 3.8) is 0 Å². The van der Waals surface area contributed by atoms with Crippen molar-refractivity contribution in [2.45, 2.75) is 19.8 Å². The summed E-state index contributed by atoms with van der Waals surface area (Å²) in [5.74, 6) is 2.17. The molecule has 0 saturated carbocycles. The molecule has 9 nitrogen and oxygen atoms in total. The summed E-state index contributed by atoms with van der Waals surface area (Å²) >= 11 is 0. The molecule has 0 radical (unpaired) electrons. The fourth-order valence-corrected chi connectivity index (χ4v) is 4.96. The summed E-state index contributed by atoms with van der Waals surface area (Å²) in [6.45, 7) is 11.4. The minimum atomic E-state index is 0.388. The molecule has 0 atom stereocenters. The van der Waals surface area contributed by atoms with Gasteiger partial charge in [-0.15, -0.1) is 0 Å². The Kier molecular flexibility index (Phi) is 6.93. The number of hydrogen-bond donors (Lipinski definition) is 1. The maximum absolute atomic E-state index is 6.11. The van der Waals surface area contributed by atoms with Gasteiger partial charge in [0.25, 0.3) is 0 Å². The monoisotopic (exact) mass is 491 g/mol. The van der Waals surface area contributed by atoms with E-state index in [0.717, 1.165) is 56.0 Å².